The third-order valence-corrected chi connectivity index (χ3v) is 3.10. The maximum atomic E-state index is 12.1. The number of nitrogens with zero attached hydrogens (tertiary/aromatic N) is 2. The number of hydrogen-bond acceptors (Lipinski definition) is 4. The van der Waals surface area contributed by atoms with Gasteiger partial charge in [-0.1, -0.05) is 18.2 Å². The Labute approximate surface area is 111 Å². The summed E-state index contributed by atoms with van der Waals surface area (Å²) in [6.45, 7) is 1.96. The van der Waals surface area contributed by atoms with E-state index in [9.17, 15) is 15.2 Å². The zero-order valence-electron chi connectivity index (χ0n) is 10.8. The summed E-state index contributed by atoms with van der Waals surface area (Å²) in [6.07, 6.45) is 0. The first-order valence-electron chi connectivity index (χ1n) is 5.93. The number of carbonyl (C=O) groups excluding carboxylic acids is 1. The molecule has 1 unspecified atom stereocenters. The molecule has 1 N–H and O–H groups in total. The summed E-state index contributed by atoms with van der Waals surface area (Å²) in [6, 6.07) is 8.38. The van der Waals surface area contributed by atoms with Gasteiger partial charge in [0.25, 0.3) is 11.9 Å². The Kier molecular flexibility index (Phi) is 3.43. The molecule has 2 rings (SSSR count). The van der Waals surface area contributed by atoms with Crippen LogP contribution < -0.4 is 0 Å². The van der Waals surface area contributed by atoms with Crippen molar-refractivity contribution in [2.24, 2.45) is 0 Å². The predicted molar refractivity (Wildman–Crippen MR) is 68.2 cm³/mol. The average Bonchev–Trinajstić information content (AvgIpc) is 2.66. The number of ether oxygens (including phenoxy) is 1. The van der Waals surface area contributed by atoms with Crippen molar-refractivity contribution in [3.63, 3.8) is 0 Å². The minimum Gasteiger partial charge on any atom is -0.480 e. The smallest absolute Gasteiger partial charge is 0.293 e. The number of aliphatic hydroxyl groups is 1. The number of benzene rings is 1. The van der Waals surface area contributed by atoms with Crippen molar-refractivity contribution >= 4 is 5.91 Å². The SMILES string of the molecule is CCO/C(O)=C(/C#N)C1c2ccccc2C(=O)N1C. The monoisotopic (exact) mass is 258 g/mol. The second-order valence-electron chi connectivity index (χ2n) is 4.17. The Balaban J connectivity index is 2.54. The highest BCUT2D eigenvalue weighted by Crippen LogP contribution is 2.37. The van der Waals surface area contributed by atoms with E-state index in [2.05, 4.69) is 0 Å². The van der Waals surface area contributed by atoms with Crippen LogP contribution in [0.25, 0.3) is 0 Å². The molecule has 1 aromatic carbocycles. The van der Waals surface area contributed by atoms with Crippen LogP contribution in [0.5, 0.6) is 0 Å². The summed E-state index contributed by atoms with van der Waals surface area (Å²) in [4.78, 5) is 13.5. The second kappa shape index (κ2) is 5.02. The third-order valence-electron chi connectivity index (χ3n) is 3.10. The zero-order chi connectivity index (χ0) is 14.0. The van der Waals surface area contributed by atoms with E-state index in [0.717, 1.165) is 0 Å². The van der Waals surface area contributed by atoms with Crippen LogP contribution in [-0.2, 0) is 4.74 Å². The van der Waals surface area contributed by atoms with E-state index < -0.39 is 12.0 Å². The molecule has 1 aliphatic heterocycles. The molecular weight excluding hydrogens is 244 g/mol. The largest absolute Gasteiger partial charge is 0.480 e. The van der Waals surface area contributed by atoms with Gasteiger partial charge in [-0.3, -0.25) is 4.79 Å². The number of likely N-dealkylation sites (N-methyl/N-ethyl adjacent to an activating group) is 1. The highest BCUT2D eigenvalue weighted by atomic mass is 16.6. The van der Waals surface area contributed by atoms with Gasteiger partial charge in [-0.15, -0.1) is 0 Å². The van der Waals surface area contributed by atoms with Crippen molar-refractivity contribution in [3.8, 4) is 6.07 Å². The lowest BCUT2D eigenvalue weighted by molar-refractivity contribution is 0.0760. The van der Waals surface area contributed by atoms with Crippen LogP contribution in [-0.4, -0.2) is 29.6 Å². The summed E-state index contributed by atoms with van der Waals surface area (Å²) in [7, 11) is 1.60. The fraction of sp³-hybridized carbons (Fsp3) is 0.286. The van der Waals surface area contributed by atoms with Gasteiger partial charge in [0.05, 0.1) is 6.61 Å². The molecule has 19 heavy (non-hydrogen) atoms. The van der Waals surface area contributed by atoms with Gasteiger partial charge in [0.15, 0.2) is 0 Å². The molecule has 0 saturated heterocycles. The number of carbonyl (C=O) groups is 1. The van der Waals surface area contributed by atoms with Gasteiger partial charge in [0.2, 0.25) is 0 Å². The first-order valence-corrected chi connectivity index (χ1v) is 5.93. The molecule has 0 bridgehead atoms. The summed E-state index contributed by atoms with van der Waals surface area (Å²) in [5, 5.41) is 19.0. The van der Waals surface area contributed by atoms with E-state index in [-0.39, 0.29) is 18.1 Å². The van der Waals surface area contributed by atoms with E-state index in [1.807, 2.05) is 6.07 Å². The van der Waals surface area contributed by atoms with Crippen molar-refractivity contribution in [2.75, 3.05) is 13.7 Å². The summed E-state index contributed by atoms with van der Waals surface area (Å²) in [5.41, 5.74) is 1.30. The summed E-state index contributed by atoms with van der Waals surface area (Å²) >= 11 is 0. The minimum absolute atomic E-state index is 0.0441. The molecule has 0 aromatic heterocycles. The fourth-order valence-electron chi connectivity index (χ4n) is 2.24. The van der Waals surface area contributed by atoms with Crippen LogP contribution in [0.4, 0.5) is 0 Å². The maximum absolute atomic E-state index is 12.1. The molecular formula is C14H14N2O3. The van der Waals surface area contributed by atoms with E-state index in [1.165, 1.54) is 4.90 Å². The van der Waals surface area contributed by atoms with Crippen LogP contribution in [0.15, 0.2) is 35.8 Å². The number of aliphatic hydroxyl groups excluding tert-OH is 1. The molecule has 0 radical (unpaired) electrons. The average molecular weight is 258 g/mol. The molecule has 5 heteroatoms. The standard InChI is InChI=1S/C14H14N2O3/c1-3-19-14(18)11(8-15)12-9-6-4-5-7-10(9)13(17)16(12)2/h4-7,12,18H,3H2,1-2H3/b14-11-. The van der Waals surface area contributed by atoms with Crippen LogP contribution in [0, 0.1) is 11.3 Å². The highest BCUT2D eigenvalue weighted by molar-refractivity contribution is 5.99. The second-order valence-corrected chi connectivity index (χ2v) is 4.17. The molecule has 0 fully saturated rings. The molecule has 0 aliphatic carbocycles. The van der Waals surface area contributed by atoms with Gasteiger partial charge < -0.3 is 14.7 Å². The Morgan fingerprint density at radius 3 is 2.84 bits per heavy atom. The number of hydrogen-bond donors (Lipinski definition) is 1. The van der Waals surface area contributed by atoms with Gasteiger partial charge in [-0.05, 0) is 18.6 Å². The van der Waals surface area contributed by atoms with Crippen molar-refractivity contribution in [2.45, 2.75) is 13.0 Å². The lowest BCUT2D eigenvalue weighted by atomic mass is 9.99. The Bertz CT molecular complexity index is 587. The van der Waals surface area contributed by atoms with E-state index >= 15 is 0 Å². The number of nitriles is 1. The summed E-state index contributed by atoms with van der Waals surface area (Å²) in [5.74, 6) is -0.594. The van der Waals surface area contributed by atoms with Gasteiger partial charge >= 0.3 is 0 Å². The van der Waals surface area contributed by atoms with Crippen LogP contribution >= 0.6 is 0 Å². The lowest BCUT2D eigenvalue weighted by Gasteiger charge is -2.20. The molecule has 1 aromatic rings. The number of fused-ring (bicyclic) bond motifs is 1. The van der Waals surface area contributed by atoms with E-state index in [4.69, 9.17) is 4.74 Å². The molecule has 5 nitrogen and oxygen atoms in total. The van der Waals surface area contributed by atoms with Crippen molar-refractivity contribution in [1.29, 1.82) is 5.26 Å². The van der Waals surface area contributed by atoms with Gasteiger partial charge in [0, 0.05) is 12.6 Å². The molecule has 0 spiro atoms. The molecule has 1 amide bonds. The Morgan fingerprint density at radius 2 is 2.21 bits per heavy atom. The topological polar surface area (TPSA) is 73.6 Å². The van der Waals surface area contributed by atoms with Crippen LogP contribution in [0.3, 0.4) is 0 Å². The number of amides is 1. The number of rotatable bonds is 3. The van der Waals surface area contributed by atoms with Gasteiger partial charge in [-0.25, -0.2) is 0 Å². The van der Waals surface area contributed by atoms with Crippen LogP contribution in [0.2, 0.25) is 0 Å². The lowest BCUT2D eigenvalue weighted by Crippen LogP contribution is -2.25. The maximum Gasteiger partial charge on any atom is 0.293 e. The molecule has 1 heterocycles. The first kappa shape index (κ1) is 13.0. The molecule has 1 aliphatic rings. The van der Waals surface area contributed by atoms with Crippen molar-refractivity contribution in [1.82, 2.24) is 4.90 Å². The highest BCUT2D eigenvalue weighted by Gasteiger charge is 2.38. The van der Waals surface area contributed by atoms with E-state index in [1.54, 1.807) is 38.2 Å². The fourth-order valence-corrected chi connectivity index (χ4v) is 2.24. The normalized spacial score (nSPS) is 18.7. The van der Waals surface area contributed by atoms with E-state index in [0.29, 0.717) is 11.1 Å². The van der Waals surface area contributed by atoms with Crippen molar-refractivity contribution < 1.29 is 14.6 Å². The zero-order valence-corrected chi connectivity index (χ0v) is 10.8. The van der Waals surface area contributed by atoms with Gasteiger partial charge in [-0.2, -0.15) is 5.26 Å². The van der Waals surface area contributed by atoms with Gasteiger partial charge in [0.1, 0.15) is 17.7 Å². The molecule has 98 valence electrons. The minimum atomic E-state index is -0.597. The Morgan fingerprint density at radius 1 is 1.53 bits per heavy atom. The molecule has 1 atom stereocenters. The quantitative estimate of drug-likeness (QED) is 0.666. The predicted octanol–water partition coefficient (Wildman–Crippen LogP) is 2.14. The molecule has 0 saturated carbocycles. The Hall–Kier alpha value is -2.48. The third kappa shape index (κ3) is 2.02. The first-order chi connectivity index (χ1) is 9.11. The summed E-state index contributed by atoms with van der Waals surface area (Å²) < 4.78 is 4.98. The van der Waals surface area contributed by atoms with Crippen LogP contribution in [0.1, 0.15) is 28.9 Å². The van der Waals surface area contributed by atoms with Crippen molar-refractivity contribution in [3.05, 3.63) is 46.9 Å².